The molecule has 342 valence electrons. The fraction of sp³-hybridized carbons (Fsp3) is 0.309. The van der Waals surface area contributed by atoms with Crippen molar-refractivity contribution in [2.24, 2.45) is 0 Å². The molecule has 0 aliphatic carbocycles. The van der Waals surface area contributed by atoms with Crippen molar-refractivity contribution in [2.75, 3.05) is 67.1 Å². The van der Waals surface area contributed by atoms with E-state index in [4.69, 9.17) is 40.0 Å². The van der Waals surface area contributed by atoms with Gasteiger partial charge in [0.1, 0.15) is 0 Å². The molecule has 7 aromatic rings. The third kappa shape index (κ3) is 15.7. The van der Waals surface area contributed by atoms with Crippen molar-refractivity contribution in [3.8, 4) is 22.3 Å². The fourth-order valence-corrected chi connectivity index (χ4v) is 7.70. The summed E-state index contributed by atoms with van der Waals surface area (Å²) in [6, 6.07) is 41.3. The maximum Gasteiger partial charge on any atom is 0.173 e. The van der Waals surface area contributed by atoms with E-state index in [-0.39, 0.29) is 0 Å². The quantitative estimate of drug-likeness (QED) is 0.0304. The molecule has 0 saturated heterocycles. The van der Waals surface area contributed by atoms with Crippen molar-refractivity contribution in [3.05, 3.63) is 204 Å². The summed E-state index contributed by atoms with van der Waals surface area (Å²) in [6.07, 6.45) is 17.2. The van der Waals surface area contributed by atoms with Crippen LogP contribution in [0.15, 0.2) is 165 Å². The average Bonchev–Trinajstić information content (AvgIpc) is 3.35. The summed E-state index contributed by atoms with van der Waals surface area (Å²) < 4.78 is 41.2. The van der Waals surface area contributed by atoms with Gasteiger partial charge in [-0.05, 0) is 57.1 Å². The van der Waals surface area contributed by atoms with Crippen LogP contribution in [0.1, 0.15) is 38.9 Å². The summed E-state index contributed by atoms with van der Waals surface area (Å²) in [7, 11) is 3.34. The van der Waals surface area contributed by atoms with Crippen LogP contribution in [0.5, 0.6) is 0 Å². The molecule has 0 N–H and O–H groups in total. The smallest absolute Gasteiger partial charge is 0.173 e. The first-order valence-corrected chi connectivity index (χ1v) is 23.2. The van der Waals surface area contributed by atoms with Gasteiger partial charge in [0.15, 0.2) is 75.8 Å². The Morgan fingerprint density at radius 3 is 0.909 bits per heavy atom. The first kappa shape index (κ1) is 48.2. The number of hydrogen-bond acceptors (Lipinski definition) is 6. The monoisotopic (exact) mass is 910 g/mol. The maximum atomic E-state index is 6.41. The van der Waals surface area contributed by atoms with Gasteiger partial charge in [0.25, 0.3) is 0 Å². The summed E-state index contributed by atoms with van der Waals surface area (Å²) >= 11 is 6.41. The van der Waals surface area contributed by atoms with Crippen LogP contribution in [-0.4, -0.2) is 67.1 Å². The second-order valence-electron chi connectivity index (χ2n) is 16.3. The molecular formula is C55H63ClN4O6+4. The molecule has 10 nitrogen and oxygen atoms in total. The number of hydrogen-bond donors (Lipinski definition) is 0. The van der Waals surface area contributed by atoms with Gasteiger partial charge in [0.05, 0.1) is 66.1 Å². The number of pyridine rings is 4. The van der Waals surface area contributed by atoms with Gasteiger partial charge in [-0.15, -0.1) is 11.6 Å². The molecule has 11 heteroatoms. The van der Waals surface area contributed by atoms with Gasteiger partial charge >= 0.3 is 0 Å². The van der Waals surface area contributed by atoms with E-state index in [0.29, 0.717) is 71.9 Å². The lowest BCUT2D eigenvalue weighted by Crippen LogP contribution is -2.34. The first-order chi connectivity index (χ1) is 32.5. The topological polar surface area (TPSA) is 70.9 Å². The average molecular weight is 912 g/mol. The zero-order chi connectivity index (χ0) is 45.6. The van der Waals surface area contributed by atoms with E-state index in [1.54, 1.807) is 14.2 Å². The second kappa shape index (κ2) is 26.5. The normalized spacial score (nSPS) is 11.3. The Morgan fingerprint density at radius 2 is 0.591 bits per heavy atom. The van der Waals surface area contributed by atoms with Gasteiger partial charge in [-0.1, -0.05) is 48.5 Å². The minimum absolute atomic E-state index is 0.468. The van der Waals surface area contributed by atoms with Gasteiger partial charge < -0.3 is 28.4 Å². The van der Waals surface area contributed by atoms with Crippen LogP contribution in [0.25, 0.3) is 22.3 Å². The molecule has 0 aliphatic heterocycles. The molecular weight excluding hydrogens is 848 g/mol. The zero-order valence-corrected chi connectivity index (χ0v) is 39.1. The SMILES string of the molecule is COCCOCCOCc1ccc(C[n+]2ccc(-c3cc[n+](Cc4cc(CCl)cc(C[n+]5ccc(-c6cc[n+](Cc7ccc(COCCOCCOC)cc7)cc6)cc5)c4)cc3)cc2)cc1. The van der Waals surface area contributed by atoms with Crippen LogP contribution in [0.2, 0.25) is 0 Å². The van der Waals surface area contributed by atoms with Gasteiger partial charge in [0, 0.05) is 90.9 Å². The van der Waals surface area contributed by atoms with Gasteiger partial charge in [-0.2, -0.15) is 0 Å². The molecule has 66 heavy (non-hydrogen) atoms. The Kier molecular flexibility index (Phi) is 19.3. The number of rotatable bonds is 27. The second-order valence-corrected chi connectivity index (χ2v) is 16.5. The largest absolute Gasteiger partial charge is 0.382 e. The number of nitrogens with zero attached hydrogens (tertiary/aromatic N) is 4. The number of ether oxygens (including phenoxy) is 6. The first-order valence-electron chi connectivity index (χ1n) is 22.6. The molecule has 7 rings (SSSR count). The summed E-state index contributed by atoms with van der Waals surface area (Å²) in [6.45, 7) is 8.91. The molecule has 0 aliphatic rings. The fourth-order valence-electron chi connectivity index (χ4n) is 7.55. The van der Waals surface area contributed by atoms with E-state index in [1.807, 2.05) is 0 Å². The molecule has 0 bridgehead atoms. The van der Waals surface area contributed by atoms with Gasteiger partial charge in [0.2, 0.25) is 0 Å². The highest BCUT2D eigenvalue weighted by Gasteiger charge is 2.13. The zero-order valence-electron chi connectivity index (χ0n) is 38.3. The summed E-state index contributed by atoms with van der Waals surface area (Å²) in [5, 5.41) is 0. The highest BCUT2D eigenvalue weighted by molar-refractivity contribution is 6.17. The molecule has 0 radical (unpaired) electrons. The molecule has 3 aromatic carbocycles. The Bertz CT molecular complexity index is 2300. The minimum atomic E-state index is 0.468. The predicted octanol–water partition coefficient (Wildman–Crippen LogP) is 7.46. The van der Waals surface area contributed by atoms with Crippen molar-refractivity contribution < 1.29 is 46.7 Å². The number of methoxy groups -OCH3 is 2. The molecule has 4 aromatic heterocycles. The summed E-state index contributed by atoms with van der Waals surface area (Å²) in [4.78, 5) is 0. The molecule has 0 fully saturated rings. The van der Waals surface area contributed by atoms with Crippen LogP contribution in [0.4, 0.5) is 0 Å². The number of alkyl halides is 1. The van der Waals surface area contributed by atoms with Gasteiger partial charge in [-0.3, -0.25) is 0 Å². The standard InChI is InChI=1S/C55H63ClN4O6/c1-61-27-29-63-31-33-65-43-47-7-3-45(4-8-47)39-57-19-11-52(12-20-57)54-15-23-59(24-16-54)41-50-35-49(38-56)36-51(37-50)42-60-25-17-55(18-26-60)53-13-21-58(22-14-53)40-46-5-9-48(10-6-46)44-66-34-32-64-30-28-62-2/h3-26,35-37H,27-34,38-44H2,1-2H3/q+4. The number of benzene rings is 3. The Labute approximate surface area is 395 Å². The van der Waals surface area contributed by atoms with E-state index in [1.165, 1.54) is 44.5 Å². The van der Waals surface area contributed by atoms with E-state index in [0.717, 1.165) is 42.9 Å². The van der Waals surface area contributed by atoms with Gasteiger partial charge in [-0.25, -0.2) is 18.3 Å². The lowest BCUT2D eigenvalue weighted by atomic mass is 10.1. The van der Waals surface area contributed by atoms with Crippen LogP contribution in [0, 0.1) is 0 Å². The van der Waals surface area contributed by atoms with E-state index in [9.17, 15) is 0 Å². The van der Waals surface area contributed by atoms with Crippen molar-refractivity contribution in [1.82, 2.24) is 0 Å². The highest BCUT2D eigenvalue weighted by Crippen LogP contribution is 2.19. The van der Waals surface area contributed by atoms with Crippen LogP contribution >= 0.6 is 11.6 Å². The number of halogens is 1. The number of aromatic nitrogens is 4. The minimum Gasteiger partial charge on any atom is -0.382 e. The maximum absolute atomic E-state index is 6.41. The van der Waals surface area contributed by atoms with Crippen molar-refractivity contribution in [3.63, 3.8) is 0 Å². The molecule has 4 heterocycles. The lowest BCUT2D eigenvalue weighted by molar-refractivity contribution is -0.689. The summed E-state index contributed by atoms with van der Waals surface area (Å²) in [5.74, 6) is 0.468. The molecule has 0 unspecified atom stereocenters. The molecule has 0 saturated carbocycles. The lowest BCUT2D eigenvalue weighted by Gasteiger charge is -2.07. The van der Waals surface area contributed by atoms with Crippen molar-refractivity contribution in [1.29, 1.82) is 0 Å². The Balaban J connectivity index is 0.866. The molecule has 0 atom stereocenters. The van der Waals surface area contributed by atoms with E-state index in [2.05, 4.69) is 183 Å². The summed E-state index contributed by atoms with van der Waals surface area (Å²) in [5.41, 5.74) is 13.1. The predicted molar refractivity (Wildman–Crippen MR) is 255 cm³/mol. The van der Waals surface area contributed by atoms with Crippen molar-refractivity contribution >= 4 is 11.6 Å². The highest BCUT2D eigenvalue weighted by atomic mass is 35.5. The third-order valence-corrected chi connectivity index (χ3v) is 11.5. The van der Waals surface area contributed by atoms with E-state index < -0.39 is 0 Å². The molecule has 0 amide bonds. The Morgan fingerprint density at radius 1 is 0.318 bits per heavy atom. The van der Waals surface area contributed by atoms with Crippen LogP contribution < -0.4 is 18.3 Å². The Hall–Kier alpha value is -5.69. The molecule has 0 spiro atoms. The van der Waals surface area contributed by atoms with Crippen LogP contribution in [0.3, 0.4) is 0 Å². The third-order valence-electron chi connectivity index (χ3n) is 11.1. The van der Waals surface area contributed by atoms with Crippen molar-refractivity contribution in [2.45, 2.75) is 45.3 Å². The van der Waals surface area contributed by atoms with Crippen LogP contribution in [-0.2, 0) is 73.7 Å². The van der Waals surface area contributed by atoms with E-state index >= 15 is 0 Å².